The van der Waals surface area contributed by atoms with Gasteiger partial charge in [0, 0.05) is 12.6 Å². The molecule has 1 aliphatic carbocycles. The van der Waals surface area contributed by atoms with E-state index >= 15 is 0 Å². The molecule has 1 aliphatic rings. The van der Waals surface area contributed by atoms with E-state index in [4.69, 9.17) is 0 Å². The Morgan fingerprint density at radius 1 is 1.36 bits per heavy atom. The zero-order valence-electron chi connectivity index (χ0n) is 8.63. The summed E-state index contributed by atoms with van der Waals surface area (Å²) in [5.41, 5.74) is 2.55. The van der Waals surface area contributed by atoms with Gasteiger partial charge >= 0.3 is 0 Å². The Bertz CT molecular complexity index is 366. The molecule has 14 heavy (non-hydrogen) atoms. The van der Waals surface area contributed by atoms with E-state index in [1.165, 1.54) is 18.4 Å². The summed E-state index contributed by atoms with van der Waals surface area (Å²) in [6, 6.07) is 8.07. The van der Waals surface area contributed by atoms with Crippen molar-refractivity contribution in [1.29, 1.82) is 0 Å². The highest BCUT2D eigenvalue weighted by atomic mass is 16.1. The van der Waals surface area contributed by atoms with Crippen LogP contribution in [0.3, 0.4) is 0 Å². The Kier molecular flexibility index (Phi) is 2.06. The zero-order chi connectivity index (χ0) is 10.2. The first-order chi connectivity index (χ1) is 6.62. The molecule has 0 aromatic heterocycles. The summed E-state index contributed by atoms with van der Waals surface area (Å²) in [6.45, 7) is 3.79. The zero-order valence-corrected chi connectivity index (χ0v) is 8.63. The van der Waals surface area contributed by atoms with Gasteiger partial charge in [-0.15, -0.1) is 0 Å². The Morgan fingerprint density at radius 3 is 2.57 bits per heavy atom. The minimum Gasteiger partial charge on any atom is -0.326 e. The van der Waals surface area contributed by atoms with Crippen molar-refractivity contribution in [3.63, 3.8) is 0 Å². The average Bonchev–Trinajstić information content (AvgIpc) is 2.84. The molecule has 2 heteroatoms. The number of carbonyl (C=O) groups excluding carboxylic acids is 1. The Labute approximate surface area is 84.3 Å². The third kappa shape index (κ3) is 1.65. The minimum atomic E-state index is 0.00157. The minimum absolute atomic E-state index is 0.00157. The summed E-state index contributed by atoms with van der Waals surface area (Å²) in [5, 5.41) is 2.88. The fraction of sp³-hybridized carbons (Fsp3) is 0.417. The van der Waals surface area contributed by atoms with E-state index in [9.17, 15) is 4.79 Å². The van der Waals surface area contributed by atoms with Gasteiger partial charge in [-0.25, -0.2) is 0 Å². The maximum Gasteiger partial charge on any atom is 0.221 e. The van der Waals surface area contributed by atoms with E-state index < -0.39 is 0 Å². The maximum absolute atomic E-state index is 11.0. The van der Waals surface area contributed by atoms with Gasteiger partial charge in [0.1, 0.15) is 0 Å². The molecule has 0 unspecified atom stereocenters. The van der Waals surface area contributed by atoms with Gasteiger partial charge in [-0.3, -0.25) is 4.79 Å². The van der Waals surface area contributed by atoms with Crippen LogP contribution in [-0.2, 0) is 10.2 Å². The second-order valence-electron chi connectivity index (χ2n) is 4.29. The summed E-state index contributed by atoms with van der Waals surface area (Å²) in [7, 11) is 0. The van der Waals surface area contributed by atoms with Crippen LogP contribution in [0.25, 0.3) is 0 Å². The van der Waals surface area contributed by atoms with Crippen molar-refractivity contribution in [2.75, 3.05) is 5.32 Å². The SMILES string of the molecule is CC(=O)Nc1ccccc1C1(C)CC1. The number of anilines is 1. The first kappa shape index (κ1) is 9.25. The average molecular weight is 189 g/mol. The van der Waals surface area contributed by atoms with Crippen LogP contribution >= 0.6 is 0 Å². The number of amides is 1. The van der Waals surface area contributed by atoms with E-state index in [0.29, 0.717) is 5.41 Å². The topological polar surface area (TPSA) is 29.1 Å². The lowest BCUT2D eigenvalue weighted by molar-refractivity contribution is -0.114. The second kappa shape index (κ2) is 3.12. The molecule has 74 valence electrons. The van der Waals surface area contributed by atoms with Crippen LogP contribution in [0.1, 0.15) is 32.3 Å². The molecule has 2 rings (SSSR count). The van der Waals surface area contributed by atoms with Crippen molar-refractivity contribution in [3.05, 3.63) is 29.8 Å². The fourth-order valence-electron chi connectivity index (χ4n) is 1.76. The van der Waals surface area contributed by atoms with Crippen LogP contribution in [-0.4, -0.2) is 5.91 Å². The number of rotatable bonds is 2. The highest BCUT2D eigenvalue weighted by Crippen LogP contribution is 2.49. The molecule has 1 amide bonds. The molecule has 1 saturated carbocycles. The molecule has 1 aromatic carbocycles. The summed E-state index contributed by atoms with van der Waals surface area (Å²) < 4.78 is 0. The largest absolute Gasteiger partial charge is 0.326 e. The lowest BCUT2D eigenvalue weighted by Gasteiger charge is -2.14. The van der Waals surface area contributed by atoms with E-state index in [0.717, 1.165) is 5.69 Å². The molecule has 0 bridgehead atoms. The maximum atomic E-state index is 11.0. The van der Waals surface area contributed by atoms with Gasteiger partial charge in [0.25, 0.3) is 0 Å². The molecule has 1 aromatic rings. The first-order valence-electron chi connectivity index (χ1n) is 4.99. The van der Waals surface area contributed by atoms with Crippen LogP contribution in [0.15, 0.2) is 24.3 Å². The van der Waals surface area contributed by atoms with Gasteiger partial charge < -0.3 is 5.32 Å². The van der Waals surface area contributed by atoms with Gasteiger partial charge in [0.05, 0.1) is 0 Å². The molecule has 0 spiro atoms. The predicted octanol–water partition coefficient (Wildman–Crippen LogP) is 2.70. The van der Waals surface area contributed by atoms with Crippen LogP contribution in [0.2, 0.25) is 0 Å². The molecule has 1 fully saturated rings. The summed E-state index contributed by atoms with van der Waals surface area (Å²) in [6.07, 6.45) is 2.45. The summed E-state index contributed by atoms with van der Waals surface area (Å²) in [4.78, 5) is 11.0. The highest BCUT2D eigenvalue weighted by molar-refractivity contribution is 5.89. The van der Waals surface area contributed by atoms with Crippen molar-refractivity contribution >= 4 is 11.6 Å². The van der Waals surface area contributed by atoms with E-state index in [-0.39, 0.29) is 5.91 Å². The van der Waals surface area contributed by atoms with Crippen molar-refractivity contribution in [2.45, 2.75) is 32.1 Å². The van der Waals surface area contributed by atoms with Gasteiger partial charge in [0.15, 0.2) is 0 Å². The monoisotopic (exact) mass is 189 g/mol. The molecule has 0 saturated heterocycles. The lowest BCUT2D eigenvalue weighted by atomic mass is 9.96. The van der Waals surface area contributed by atoms with Crippen LogP contribution in [0.4, 0.5) is 5.69 Å². The van der Waals surface area contributed by atoms with Crippen LogP contribution in [0.5, 0.6) is 0 Å². The molecule has 0 atom stereocenters. The van der Waals surface area contributed by atoms with Crippen molar-refractivity contribution in [1.82, 2.24) is 0 Å². The van der Waals surface area contributed by atoms with Gasteiger partial charge in [-0.1, -0.05) is 25.1 Å². The number of para-hydroxylation sites is 1. The van der Waals surface area contributed by atoms with Gasteiger partial charge in [0.2, 0.25) is 5.91 Å². The summed E-state index contributed by atoms with van der Waals surface area (Å²) in [5.74, 6) is 0.00157. The van der Waals surface area contributed by atoms with Crippen LogP contribution in [0, 0.1) is 0 Å². The fourth-order valence-corrected chi connectivity index (χ4v) is 1.76. The second-order valence-corrected chi connectivity index (χ2v) is 4.29. The molecule has 2 nitrogen and oxygen atoms in total. The van der Waals surface area contributed by atoms with E-state index in [1.54, 1.807) is 6.92 Å². The quantitative estimate of drug-likeness (QED) is 0.761. The van der Waals surface area contributed by atoms with Gasteiger partial charge in [-0.2, -0.15) is 0 Å². The van der Waals surface area contributed by atoms with Crippen LogP contribution < -0.4 is 5.32 Å². The molecular weight excluding hydrogens is 174 g/mol. The number of nitrogens with one attached hydrogen (secondary N) is 1. The first-order valence-corrected chi connectivity index (χ1v) is 4.99. The number of hydrogen-bond acceptors (Lipinski definition) is 1. The molecule has 0 heterocycles. The number of carbonyl (C=O) groups is 1. The standard InChI is InChI=1S/C12H15NO/c1-9(14)13-11-6-4-3-5-10(11)12(2)7-8-12/h3-6H,7-8H2,1-2H3,(H,13,14). The van der Waals surface area contributed by atoms with Gasteiger partial charge in [-0.05, 0) is 29.9 Å². The Balaban J connectivity index is 2.34. The van der Waals surface area contributed by atoms with E-state index in [2.05, 4.69) is 18.3 Å². The smallest absolute Gasteiger partial charge is 0.221 e. The normalized spacial score (nSPS) is 17.6. The van der Waals surface area contributed by atoms with E-state index in [1.807, 2.05) is 18.2 Å². The third-order valence-corrected chi connectivity index (χ3v) is 2.89. The van der Waals surface area contributed by atoms with Crippen molar-refractivity contribution in [2.24, 2.45) is 0 Å². The molecule has 0 aliphatic heterocycles. The molecule has 1 N–H and O–H groups in total. The Morgan fingerprint density at radius 2 is 2.00 bits per heavy atom. The highest BCUT2D eigenvalue weighted by Gasteiger charge is 2.40. The number of hydrogen-bond donors (Lipinski definition) is 1. The van der Waals surface area contributed by atoms with Crippen molar-refractivity contribution < 1.29 is 4.79 Å². The molecular formula is C12H15NO. The predicted molar refractivity (Wildman–Crippen MR) is 57.3 cm³/mol. The third-order valence-electron chi connectivity index (χ3n) is 2.89. The Hall–Kier alpha value is -1.31. The number of benzene rings is 1. The van der Waals surface area contributed by atoms with Crippen molar-refractivity contribution in [3.8, 4) is 0 Å². The molecule has 0 radical (unpaired) electrons. The lowest BCUT2D eigenvalue weighted by Crippen LogP contribution is -2.11. The summed E-state index contributed by atoms with van der Waals surface area (Å²) >= 11 is 0.